The number of primary sulfonamides is 1. The lowest BCUT2D eigenvalue weighted by Crippen LogP contribution is -2.17. The number of carbonyl (C=O) groups is 1. The first-order valence-corrected chi connectivity index (χ1v) is 8.00. The number of halogens is 1. The summed E-state index contributed by atoms with van der Waals surface area (Å²) >= 11 is 3.06. The van der Waals surface area contributed by atoms with Crippen LogP contribution in [0, 0.1) is 0 Å². The number of amides is 1. The molecule has 0 aliphatic heterocycles. The molecule has 0 bridgehead atoms. The molecule has 2 aromatic heterocycles. The first-order valence-electron chi connectivity index (χ1n) is 5.66. The molecule has 3 N–H and O–H groups in total. The van der Waals surface area contributed by atoms with Crippen LogP contribution in [0.25, 0.3) is 0 Å². The maximum atomic E-state index is 12.1. The highest BCUT2D eigenvalue weighted by atomic mass is 79.9. The Morgan fingerprint density at radius 2 is 2.09 bits per heavy atom. The smallest absolute Gasteiger partial charge is 0.263 e. The second-order valence-electron chi connectivity index (χ2n) is 3.94. The van der Waals surface area contributed by atoms with Gasteiger partial charge in [-0.05, 0) is 22.0 Å². The van der Waals surface area contributed by atoms with Gasteiger partial charge in [0.05, 0.1) is 13.3 Å². The van der Waals surface area contributed by atoms with Gasteiger partial charge in [0.15, 0.2) is 0 Å². The summed E-state index contributed by atoms with van der Waals surface area (Å²) in [6, 6.07) is 1.31. The van der Waals surface area contributed by atoms with E-state index in [1.54, 1.807) is 0 Å². The molecule has 0 saturated carbocycles. The van der Waals surface area contributed by atoms with Crippen LogP contribution in [0.2, 0.25) is 0 Å². The third-order valence-electron chi connectivity index (χ3n) is 2.48. The molecule has 1 amide bonds. The number of nitrogens with zero attached hydrogens (tertiary/aromatic N) is 3. The molecule has 0 aromatic carbocycles. The number of hydrogen-bond donors (Lipinski definition) is 2. The molecule has 0 atom stereocenters. The molecule has 2 aromatic rings. The van der Waals surface area contributed by atoms with E-state index in [-0.39, 0.29) is 26.6 Å². The zero-order valence-electron chi connectivity index (χ0n) is 11.1. The predicted molar refractivity (Wildman–Crippen MR) is 79.8 cm³/mol. The Hall–Kier alpha value is -2.11. The van der Waals surface area contributed by atoms with Crippen molar-refractivity contribution < 1.29 is 17.9 Å². The van der Waals surface area contributed by atoms with Gasteiger partial charge >= 0.3 is 0 Å². The minimum Gasteiger partial charge on any atom is -0.480 e. The summed E-state index contributed by atoms with van der Waals surface area (Å²) in [6.45, 7) is 0. The summed E-state index contributed by atoms with van der Waals surface area (Å²) in [5.74, 6) is -0.330. The highest BCUT2D eigenvalue weighted by Crippen LogP contribution is 2.23. The van der Waals surface area contributed by atoms with Gasteiger partial charge in [-0.25, -0.2) is 28.5 Å². The Morgan fingerprint density at radius 3 is 2.68 bits per heavy atom. The number of pyridine rings is 1. The van der Waals surface area contributed by atoms with Crippen LogP contribution < -0.4 is 15.2 Å². The predicted octanol–water partition coefficient (Wildman–Crippen LogP) is 0.542. The fourth-order valence-electron chi connectivity index (χ4n) is 1.52. The van der Waals surface area contributed by atoms with Gasteiger partial charge in [-0.3, -0.25) is 4.79 Å². The van der Waals surface area contributed by atoms with Crippen molar-refractivity contribution in [2.75, 3.05) is 12.4 Å². The van der Waals surface area contributed by atoms with Gasteiger partial charge in [-0.1, -0.05) is 0 Å². The third-order valence-corrected chi connectivity index (χ3v) is 4.34. The second-order valence-corrected chi connectivity index (χ2v) is 6.33. The molecule has 0 spiro atoms. The number of carbonyl (C=O) groups excluding carboxylic acids is 1. The molecule has 9 nitrogen and oxygen atoms in total. The number of nitrogens with two attached hydrogens (primary N) is 1. The SMILES string of the molecule is COc1ncncc1C(=O)Nc1cc(Br)c(S(N)(=O)=O)cn1. The summed E-state index contributed by atoms with van der Waals surface area (Å²) in [6.07, 6.45) is 3.56. The van der Waals surface area contributed by atoms with E-state index in [0.29, 0.717) is 0 Å². The number of ether oxygens (including phenoxy) is 1. The van der Waals surface area contributed by atoms with Gasteiger partial charge in [-0.15, -0.1) is 0 Å². The lowest BCUT2D eigenvalue weighted by Gasteiger charge is -2.08. The summed E-state index contributed by atoms with van der Waals surface area (Å²) in [7, 11) is -2.53. The van der Waals surface area contributed by atoms with Crippen molar-refractivity contribution in [3.63, 3.8) is 0 Å². The first kappa shape index (κ1) is 16.3. The molecule has 2 heterocycles. The number of anilines is 1. The molecule has 11 heteroatoms. The van der Waals surface area contributed by atoms with Gasteiger partial charge < -0.3 is 10.1 Å². The van der Waals surface area contributed by atoms with Crippen LogP contribution in [0.5, 0.6) is 5.88 Å². The maximum Gasteiger partial charge on any atom is 0.263 e. The van der Waals surface area contributed by atoms with E-state index < -0.39 is 15.9 Å². The summed E-state index contributed by atoms with van der Waals surface area (Å²) < 4.78 is 27.7. The monoisotopic (exact) mass is 387 g/mol. The molecule has 116 valence electrons. The topological polar surface area (TPSA) is 137 Å². The highest BCUT2D eigenvalue weighted by molar-refractivity contribution is 9.10. The van der Waals surface area contributed by atoms with Crippen molar-refractivity contribution in [2.45, 2.75) is 4.90 Å². The van der Waals surface area contributed by atoms with Gasteiger partial charge in [-0.2, -0.15) is 0 Å². The Morgan fingerprint density at radius 1 is 1.36 bits per heavy atom. The Kier molecular flexibility index (Phi) is 4.68. The quantitative estimate of drug-likeness (QED) is 0.780. The number of sulfonamides is 1. The van der Waals surface area contributed by atoms with E-state index in [1.807, 2.05) is 0 Å². The third kappa shape index (κ3) is 3.55. The summed E-state index contributed by atoms with van der Waals surface area (Å²) in [5.41, 5.74) is 0.110. The van der Waals surface area contributed by atoms with Gasteiger partial charge in [0.25, 0.3) is 5.91 Å². The molecule has 0 fully saturated rings. The molecule has 0 unspecified atom stereocenters. The maximum absolute atomic E-state index is 12.1. The Balaban J connectivity index is 2.28. The minimum absolute atomic E-state index is 0.104. The van der Waals surface area contributed by atoms with Gasteiger partial charge in [0.1, 0.15) is 22.6 Å². The minimum atomic E-state index is -3.90. The average molecular weight is 388 g/mol. The lowest BCUT2D eigenvalue weighted by molar-refractivity contribution is 0.102. The number of nitrogens with one attached hydrogen (secondary N) is 1. The lowest BCUT2D eigenvalue weighted by atomic mass is 10.3. The van der Waals surface area contributed by atoms with Crippen LogP contribution in [0.3, 0.4) is 0 Å². The van der Waals surface area contributed by atoms with Gasteiger partial charge in [0, 0.05) is 10.7 Å². The largest absolute Gasteiger partial charge is 0.480 e. The van der Waals surface area contributed by atoms with Crippen molar-refractivity contribution in [1.29, 1.82) is 0 Å². The molecular formula is C11H10BrN5O4S. The number of methoxy groups -OCH3 is 1. The van der Waals surface area contributed by atoms with E-state index in [9.17, 15) is 13.2 Å². The van der Waals surface area contributed by atoms with Crippen molar-refractivity contribution >= 4 is 37.7 Å². The van der Waals surface area contributed by atoms with Crippen molar-refractivity contribution in [3.8, 4) is 5.88 Å². The van der Waals surface area contributed by atoms with Crippen LogP contribution in [0.15, 0.2) is 34.2 Å². The van der Waals surface area contributed by atoms with Gasteiger partial charge in [0.2, 0.25) is 15.9 Å². The molecule has 0 saturated heterocycles. The van der Waals surface area contributed by atoms with Crippen LogP contribution in [0.4, 0.5) is 5.82 Å². The fraction of sp³-hybridized carbons (Fsp3) is 0.0909. The highest BCUT2D eigenvalue weighted by Gasteiger charge is 2.17. The van der Waals surface area contributed by atoms with E-state index in [2.05, 4.69) is 36.2 Å². The first-order chi connectivity index (χ1) is 10.3. The van der Waals surface area contributed by atoms with E-state index in [0.717, 1.165) is 6.20 Å². The summed E-state index contributed by atoms with van der Waals surface area (Å²) in [5, 5.41) is 7.50. The van der Waals surface area contributed by atoms with Crippen LogP contribution in [-0.2, 0) is 10.0 Å². The number of aromatic nitrogens is 3. The standard InChI is InChI=1S/C11H10BrN5O4S/c1-21-11-6(3-14-5-16-11)10(18)17-9-2-7(12)8(4-15-9)22(13,19)20/h2-5H,1H3,(H2,13,19,20)(H,15,17,18). The second kappa shape index (κ2) is 6.34. The van der Waals surface area contributed by atoms with E-state index >= 15 is 0 Å². The number of rotatable bonds is 4. The average Bonchev–Trinajstić information content (AvgIpc) is 2.45. The normalized spacial score (nSPS) is 11.0. The van der Waals surface area contributed by atoms with Crippen molar-refractivity contribution in [3.05, 3.63) is 34.8 Å². The fourth-order valence-corrected chi connectivity index (χ4v) is 3.04. The van der Waals surface area contributed by atoms with Crippen LogP contribution in [0.1, 0.15) is 10.4 Å². The van der Waals surface area contributed by atoms with Crippen LogP contribution in [-0.4, -0.2) is 36.4 Å². The molecule has 2 rings (SSSR count). The van der Waals surface area contributed by atoms with Crippen LogP contribution >= 0.6 is 15.9 Å². The summed E-state index contributed by atoms with van der Waals surface area (Å²) in [4.78, 5) is 23.3. The molecule has 0 aliphatic rings. The number of hydrogen-bond acceptors (Lipinski definition) is 7. The zero-order valence-corrected chi connectivity index (χ0v) is 13.6. The Labute approximate surface area is 134 Å². The zero-order chi connectivity index (χ0) is 16.3. The van der Waals surface area contributed by atoms with Crippen molar-refractivity contribution in [2.24, 2.45) is 5.14 Å². The van der Waals surface area contributed by atoms with Crippen molar-refractivity contribution in [1.82, 2.24) is 15.0 Å². The molecule has 0 aliphatic carbocycles. The molecular weight excluding hydrogens is 378 g/mol. The molecule has 0 radical (unpaired) electrons. The van der Waals surface area contributed by atoms with E-state index in [1.165, 1.54) is 25.7 Å². The van der Waals surface area contributed by atoms with E-state index in [4.69, 9.17) is 9.88 Å². The molecule has 22 heavy (non-hydrogen) atoms. The Bertz CT molecular complexity index is 827.